The molecule has 0 radical (unpaired) electrons. The first-order valence-electron chi connectivity index (χ1n) is 6.49. The van der Waals surface area contributed by atoms with Gasteiger partial charge in [-0.3, -0.25) is 9.36 Å². The van der Waals surface area contributed by atoms with E-state index in [4.69, 9.17) is 0 Å². The molecule has 23 heavy (non-hydrogen) atoms. The smallest absolute Gasteiger partial charge is 0.351 e. The third-order valence-corrected chi connectivity index (χ3v) is 3.70. The van der Waals surface area contributed by atoms with Crippen molar-refractivity contribution in [2.24, 2.45) is 7.05 Å². The molecule has 0 fully saturated rings. The second-order valence-corrected chi connectivity index (χ2v) is 5.51. The lowest BCUT2D eigenvalue weighted by Crippen LogP contribution is -2.31. The predicted octanol–water partition coefficient (Wildman–Crippen LogP) is 1.49. The number of nitrogens with one attached hydrogen (secondary N) is 1. The van der Waals surface area contributed by atoms with Gasteiger partial charge < -0.3 is 5.32 Å². The van der Waals surface area contributed by atoms with Crippen LogP contribution in [0.5, 0.6) is 0 Å². The van der Waals surface area contributed by atoms with Crippen molar-refractivity contribution in [3.63, 3.8) is 0 Å². The Morgan fingerprint density at radius 2 is 2.22 bits per heavy atom. The number of carbonyl (C=O) groups is 1. The highest BCUT2D eigenvalue weighted by atomic mass is 32.1. The lowest BCUT2D eigenvalue weighted by atomic mass is 10.4. The van der Waals surface area contributed by atoms with Crippen LogP contribution in [0.25, 0.3) is 6.08 Å². The van der Waals surface area contributed by atoms with Gasteiger partial charge >= 0.3 is 11.9 Å². The molecule has 0 bridgehead atoms. The molecule has 0 saturated heterocycles. The Labute approximate surface area is 132 Å². The minimum absolute atomic E-state index is 0.0121. The molecule has 2 heterocycles. The Morgan fingerprint density at radius 3 is 2.78 bits per heavy atom. The highest BCUT2D eigenvalue weighted by Gasteiger charge is 2.37. The molecule has 6 nitrogen and oxygen atoms in total. The summed E-state index contributed by atoms with van der Waals surface area (Å²) in [4.78, 5) is 24.1. The molecule has 0 saturated carbocycles. The van der Waals surface area contributed by atoms with E-state index < -0.39 is 23.6 Å². The first-order chi connectivity index (χ1) is 10.8. The normalized spacial score (nSPS) is 12.0. The average molecular weight is 346 g/mol. The van der Waals surface area contributed by atoms with Gasteiger partial charge in [-0.1, -0.05) is 6.07 Å². The zero-order chi connectivity index (χ0) is 17.0. The quantitative estimate of drug-likeness (QED) is 0.834. The van der Waals surface area contributed by atoms with Crippen LogP contribution in [0.4, 0.5) is 13.2 Å². The number of hydrogen-bond donors (Lipinski definition) is 1. The van der Waals surface area contributed by atoms with Crippen molar-refractivity contribution in [2.45, 2.75) is 12.7 Å². The van der Waals surface area contributed by atoms with Crippen molar-refractivity contribution in [1.29, 1.82) is 0 Å². The molecule has 0 aromatic carbocycles. The van der Waals surface area contributed by atoms with Gasteiger partial charge in [-0.2, -0.15) is 13.2 Å². The van der Waals surface area contributed by atoms with E-state index in [1.165, 1.54) is 17.4 Å². The molecule has 0 spiro atoms. The van der Waals surface area contributed by atoms with E-state index in [0.717, 1.165) is 11.9 Å². The molecule has 2 aromatic heterocycles. The third-order valence-electron chi connectivity index (χ3n) is 2.86. The monoisotopic (exact) mass is 346 g/mol. The van der Waals surface area contributed by atoms with Gasteiger partial charge in [-0.25, -0.2) is 9.48 Å². The maximum atomic E-state index is 12.6. The number of nitrogens with zero attached hydrogens (tertiary/aromatic N) is 3. The van der Waals surface area contributed by atoms with Crippen molar-refractivity contribution in [3.05, 3.63) is 44.8 Å². The molecular weight excluding hydrogens is 333 g/mol. The summed E-state index contributed by atoms with van der Waals surface area (Å²) in [5, 5.41) is 7.58. The summed E-state index contributed by atoms with van der Waals surface area (Å²) in [6, 6.07) is 3.68. The van der Waals surface area contributed by atoms with Crippen molar-refractivity contribution in [3.8, 4) is 0 Å². The number of alkyl halides is 3. The Balaban J connectivity index is 1.92. The second kappa shape index (κ2) is 6.82. The van der Waals surface area contributed by atoms with Crippen LogP contribution < -0.4 is 11.0 Å². The van der Waals surface area contributed by atoms with Gasteiger partial charge in [0, 0.05) is 24.5 Å². The fraction of sp³-hybridized carbons (Fsp3) is 0.308. The van der Waals surface area contributed by atoms with Crippen LogP contribution >= 0.6 is 11.3 Å². The molecule has 10 heteroatoms. The number of rotatable bonds is 5. The van der Waals surface area contributed by atoms with Gasteiger partial charge in [-0.05, 0) is 17.5 Å². The van der Waals surface area contributed by atoms with Crippen molar-refractivity contribution in [2.75, 3.05) is 6.54 Å². The van der Waals surface area contributed by atoms with E-state index in [1.807, 2.05) is 17.5 Å². The fourth-order valence-corrected chi connectivity index (χ4v) is 2.39. The van der Waals surface area contributed by atoms with Crippen molar-refractivity contribution >= 4 is 23.3 Å². The third kappa shape index (κ3) is 4.31. The van der Waals surface area contributed by atoms with Gasteiger partial charge in [0.05, 0.1) is 6.54 Å². The van der Waals surface area contributed by atoms with Crippen molar-refractivity contribution in [1.82, 2.24) is 19.7 Å². The summed E-state index contributed by atoms with van der Waals surface area (Å²) in [7, 11) is 0.997. The summed E-state index contributed by atoms with van der Waals surface area (Å²) in [6.45, 7) is -0.164. The van der Waals surface area contributed by atoms with Crippen LogP contribution in [-0.4, -0.2) is 26.8 Å². The lowest BCUT2D eigenvalue weighted by Gasteiger charge is -2.03. The molecule has 2 rings (SSSR count). The van der Waals surface area contributed by atoms with Crippen LogP contribution in [0, 0.1) is 0 Å². The highest BCUT2D eigenvalue weighted by Crippen LogP contribution is 2.25. The lowest BCUT2D eigenvalue weighted by molar-refractivity contribution is -0.147. The average Bonchev–Trinajstić information content (AvgIpc) is 3.07. The van der Waals surface area contributed by atoms with Crippen molar-refractivity contribution < 1.29 is 18.0 Å². The van der Waals surface area contributed by atoms with Crippen LogP contribution in [0.1, 0.15) is 10.7 Å². The number of hydrogen-bond acceptors (Lipinski definition) is 4. The molecule has 0 aliphatic heterocycles. The first-order valence-corrected chi connectivity index (χ1v) is 7.37. The SMILES string of the molecule is Cn1c(C(F)(F)F)nn(CCNC(=O)/C=C/c2cccs2)c1=O. The summed E-state index contributed by atoms with van der Waals surface area (Å²) in [5.41, 5.74) is -0.888. The largest absolute Gasteiger partial charge is 0.451 e. The summed E-state index contributed by atoms with van der Waals surface area (Å²) in [5.74, 6) is -1.68. The summed E-state index contributed by atoms with van der Waals surface area (Å²) >= 11 is 1.46. The highest BCUT2D eigenvalue weighted by molar-refractivity contribution is 7.10. The number of carbonyl (C=O) groups excluding carboxylic acids is 1. The minimum Gasteiger partial charge on any atom is -0.351 e. The van der Waals surface area contributed by atoms with Gasteiger partial charge in [0.1, 0.15) is 0 Å². The van der Waals surface area contributed by atoms with Gasteiger partial charge in [0.15, 0.2) is 0 Å². The zero-order valence-corrected chi connectivity index (χ0v) is 12.8. The van der Waals surface area contributed by atoms with Crippen LogP contribution in [0.3, 0.4) is 0 Å². The van der Waals surface area contributed by atoms with E-state index in [2.05, 4.69) is 10.4 Å². The Bertz CT molecular complexity index is 759. The van der Waals surface area contributed by atoms with Gasteiger partial charge in [0.2, 0.25) is 11.7 Å². The van der Waals surface area contributed by atoms with E-state index in [0.29, 0.717) is 9.25 Å². The minimum atomic E-state index is -4.70. The Morgan fingerprint density at radius 1 is 1.48 bits per heavy atom. The number of halogens is 3. The molecule has 0 atom stereocenters. The number of aromatic nitrogens is 3. The molecule has 2 aromatic rings. The Hall–Kier alpha value is -2.36. The van der Waals surface area contributed by atoms with Gasteiger partial charge in [-0.15, -0.1) is 16.4 Å². The molecule has 0 aliphatic rings. The maximum Gasteiger partial charge on any atom is 0.451 e. The molecule has 1 N–H and O–H groups in total. The maximum absolute atomic E-state index is 12.6. The van der Waals surface area contributed by atoms with E-state index >= 15 is 0 Å². The second-order valence-electron chi connectivity index (χ2n) is 4.53. The van der Waals surface area contributed by atoms with Crippen LogP contribution in [0.15, 0.2) is 28.4 Å². The fourth-order valence-electron chi connectivity index (χ4n) is 1.77. The first kappa shape index (κ1) is 17.0. The zero-order valence-electron chi connectivity index (χ0n) is 12.0. The molecular formula is C13H13F3N4O2S. The molecule has 124 valence electrons. The molecule has 0 aliphatic carbocycles. The predicted molar refractivity (Wildman–Crippen MR) is 78.8 cm³/mol. The Kier molecular flexibility index (Phi) is 5.04. The van der Waals surface area contributed by atoms with E-state index in [9.17, 15) is 22.8 Å². The summed E-state index contributed by atoms with van der Waals surface area (Å²) in [6.07, 6.45) is -1.77. The van der Waals surface area contributed by atoms with Crippen LogP contribution in [0.2, 0.25) is 0 Å². The number of amides is 1. The molecule has 0 unspecified atom stereocenters. The standard InChI is InChI=1S/C13H13F3N4O2S/c1-19-11(13(14,15)16)18-20(12(19)22)7-6-17-10(21)5-4-9-3-2-8-23-9/h2-5,8H,6-7H2,1H3,(H,17,21)/b5-4+. The summed E-state index contributed by atoms with van der Waals surface area (Å²) < 4.78 is 38.9. The topological polar surface area (TPSA) is 68.9 Å². The van der Waals surface area contributed by atoms with E-state index in [-0.39, 0.29) is 13.1 Å². The van der Waals surface area contributed by atoms with E-state index in [1.54, 1.807) is 6.08 Å². The number of thiophene rings is 1. The van der Waals surface area contributed by atoms with Crippen LogP contribution in [-0.2, 0) is 24.6 Å². The van der Waals surface area contributed by atoms with Gasteiger partial charge in [0.25, 0.3) is 0 Å². The molecule has 1 amide bonds.